The van der Waals surface area contributed by atoms with Gasteiger partial charge < -0.3 is 9.51 Å². The number of rotatable bonds is 2. The zero-order valence-corrected chi connectivity index (χ0v) is 9.78. The molecule has 1 saturated heterocycles. The van der Waals surface area contributed by atoms with Crippen LogP contribution in [-0.2, 0) is 6.42 Å². The summed E-state index contributed by atoms with van der Waals surface area (Å²) in [5.41, 5.74) is 2.04. The fourth-order valence-electron chi connectivity index (χ4n) is 2.17. The van der Waals surface area contributed by atoms with Crippen molar-refractivity contribution in [3.05, 3.63) is 30.2 Å². The molecule has 0 radical (unpaired) electrons. The van der Waals surface area contributed by atoms with E-state index in [-0.39, 0.29) is 5.75 Å². The van der Waals surface area contributed by atoms with E-state index in [9.17, 15) is 5.11 Å². The van der Waals surface area contributed by atoms with Crippen molar-refractivity contribution in [3.8, 4) is 5.75 Å². The maximum Gasteiger partial charge on any atom is 0.137 e. The Labute approximate surface area is 98.5 Å². The number of hydrogen-bond donors (Lipinski definition) is 1. The normalized spacial score (nSPS) is 20.6. The second-order valence-electron chi connectivity index (χ2n) is 4.22. The second-order valence-corrected chi connectivity index (χ2v) is 5.63. The molecule has 0 saturated carbocycles. The van der Waals surface area contributed by atoms with Gasteiger partial charge in [0.15, 0.2) is 0 Å². The Bertz CT molecular complexity index is 503. The van der Waals surface area contributed by atoms with Gasteiger partial charge in [-0.05, 0) is 30.7 Å². The summed E-state index contributed by atoms with van der Waals surface area (Å²) in [5, 5.41) is 10.1. The number of nitrogens with zero attached hydrogens (tertiary/aromatic N) is 2. The number of aromatic nitrogens is 2. The van der Waals surface area contributed by atoms with E-state index in [4.69, 9.17) is 0 Å². The summed E-state index contributed by atoms with van der Waals surface area (Å²) in [6, 6.07) is 3.52. The van der Waals surface area contributed by atoms with E-state index in [2.05, 4.69) is 16.7 Å². The van der Waals surface area contributed by atoms with Gasteiger partial charge in [-0.25, -0.2) is 4.98 Å². The summed E-state index contributed by atoms with van der Waals surface area (Å²) in [5.74, 6) is 1.57. The Morgan fingerprint density at radius 3 is 3.19 bits per heavy atom. The van der Waals surface area contributed by atoms with Gasteiger partial charge in [-0.1, -0.05) is 0 Å². The first kappa shape index (κ1) is 10.0. The highest BCUT2D eigenvalue weighted by Crippen LogP contribution is 2.28. The molecule has 1 N–H and O–H groups in total. The fraction of sp³-hybridized carbons (Fsp3) is 0.417. The number of fused-ring (bicyclic) bond motifs is 1. The average Bonchev–Trinajstić information content (AvgIpc) is 2.86. The third-order valence-corrected chi connectivity index (χ3v) is 4.34. The highest BCUT2D eigenvalue weighted by atomic mass is 32.2. The lowest BCUT2D eigenvalue weighted by Crippen LogP contribution is -2.01. The SMILES string of the molecule is Oc1ccc2nc(CC3CCCS3)cn2c1. The average molecular weight is 234 g/mol. The van der Waals surface area contributed by atoms with Crippen molar-refractivity contribution in [1.82, 2.24) is 9.38 Å². The van der Waals surface area contributed by atoms with Gasteiger partial charge in [-0.3, -0.25) is 0 Å². The maximum absolute atomic E-state index is 9.37. The van der Waals surface area contributed by atoms with Crippen LogP contribution in [0.5, 0.6) is 5.75 Å². The summed E-state index contributed by atoms with van der Waals surface area (Å²) < 4.78 is 1.89. The van der Waals surface area contributed by atoms with Crippen LogP contribution in [0.3, 0.4) is 0 Å². The van der Waals surface area contributed by atoms with Crippen molar-refractivity contribution in [2.24, 2.45) is 0 Å². The van der Waals surface area contributed by atoms with Crippen LogP contribution in [0.4, 0.5) is 0 Å². The Morgan fingerprint density at radius 2 is 2.38 bits per heavy atom. The molecule has 2 aromatic rings. The van der Waals surface area contributed by atoms with Gasteiger partial charge in [0.05, 0.1) is 11.9 Å². The molecular weight excluding hydrogens is 220 g/mol. The van der Waals surface area contributed by atoms with Crippen LogP contribution in [0.2, 0.25) is 0 Å². The van der Waals surface area contributed by atoms with Gasteiger partial charge in [-0.15, -0.1) is 0 Å². The van der Waals surface area contributed by atoms with Gasteiger partial charge in [0.1, 0.15) is 11.4 Å². The van der Waals surface area contributed by atoms with Crippen LogP contribution < -0.4 is 0 Å². The monoisotopic (exact) mass is 234 g/mol. The standard InChI is InChI=1S/C12H14N2OS/c15-10-3-4-12-13-9(7-14(12)8-10)6-11-2-1-5-16-11/h3-4,7-8,11,15H,1-2,5-6H2. The number of hydrogen-bond acceptors (Lipinski definition) is 3. The molecule has 1 aliphatic heterocycles. The lowest BCUT2D eigenvalue weighted by molar-refractivity contribution is 0.472. The largest absolute Gasteiger partial charge is 0.506 e. The third-order valence-electron chi connectivity index (χ3n) is 2.95. The predicted octanol–water partition coefficient (Wildman–Crippen LogP) is 2.48. The number of pyridine rings is 1. The van der Waals surface area contributed by atoms with Crippen LogP contribution in [0.15, 0.2) is 24.5 Å². The van der Waals surface area contributed by atoms with Gasteiger partial charge in [-0.2, -0.15) is 11.8 Å². The molecule has 0 amide bonds. The van der Waals surface area contributed by atoms with Crippen molar-refractivity contribution < 1.29 is 5.11 Å². The maximum atomic E-state index is 9.37. The Balaban J connectivity index is 1.86. The molecule has 3 heterocycles. The Kier molecular flexibility index (Phi) is 2.52. The minimum absolute atomic E-state index is 0.284. The number of aromatic hydroxyl groups is 1. The van der Waals surface area contributed by atoms with E-state index in [1.54, 1.807) is 12.3 Å². The smallest absolute Gasteiger partial charge is 0.137 e. The second kappa shape index (κ2) is 4.01. The highest BCUT2D eigenvalue weighted by Gasteiger charge is 2.17. The minimum atomic E-state index is 0.284. The van der Waals surface area contributed by atoms with Gasteiger partial charge in [0.25, 0.3) is 0 Å². The van der Waals surface area contributed by atoms with Gasteiger partial charge in [0.2, 0.25) is 0 Å². The molecule has 4 heteroatoms. The molecule has 0 aliphatic carbocycles. The molecule has 0 bridgehead atoms. The molecule has 1 atom stereocenters. The first-order chi connectivity index (χ1) is 7.81. The van der Waals surface area contributed by atoms with Crippen LogP contribution >= 0.6 is 11.8 Å². The van der Waals surface area contributed by atoms with E-state index in [1.807, 2.05) is 16.7 Å². The number of thioether (sulfide) groups is 1. The van der Waals surface area contributed by atoms with Crippen molar-refractivity contribution in [1.29, 1.82) is 0 Å². The molecule has 1 unspecified atom stereocenters. The molecule has 1 aliphatic rings. The van der Waals surface area contributed by atoms with Gasteiger partial charge in [0, 0.05) is 17.9 Å². The van der Waals surface area contributed by atoms with E-state index in [1.165, 1.54) is 18.6 Å². The van der Waals surface area contributed by atoms with Gasteiger partial charge >= 0.3 is 0 Å². The molecule has 1 fully saturated rings. The first-order valence-corrected chi connectivity index (χ1v) is 6.64. The lowest BCUT2D eigenvalue weighted by atomic mass is 10.2. The summed E-state index contributed by atoms with van der Waals surface area (Å²) in [6.07, 6.45) is 7.42. The highest BCUT2D eigenvalue weighted by molar-refractivity contribution is 8.00. The summed E-state index contributed by atoms with van der Waals surface area (Å²) in [6.45, 7) is 0. The van der Waals surface area contributed by atoms with Crippen molar-refractivity contribution in [3.63, 3.8) is 0 Å². The zero-order chi connectivity index (χ0) is 11.0. The first-order valence-electron chi connectivity index (χ1n) is 5.59. The minimum Gasteiger partial charge on any atom is -0.506 e. The molecule has 2 aromatic heterocycles. The summed E-state index contributed by atoms with van der Waals surface area (Å²) in [4.78, 5) is 4.56. The lowest BCUT2D eigenvalue weighted by Gasteiger charge is -2.03. The van der Waals surface area contributed by atoms with Crippen molar-refractivity contribution >= 4 is 17.4 Å². The van der Waals surface area contributed by atoms with Crippen LogP contribution in [-0.4, -0.2) is 25.5 Å². The van der Waals surface area contributed by atoms with Crippen molar-refractivity contribution in [2.75, 3.05) is 5.75 Å². The van der Waals surface area contributed by atoms with E-state index in [0.717, 1.165) is 23.0 Å². The van der Waals surface area contributed by atoms with E-state index in [0.29, 0.717) is 0 Å². The Morgan fingerprint density at radius 1 is 1.44 bits per heavy atom. The third kappa shape index (κ3) is 1.89. The van der Waals surface area contributed by atoms with Crippen molar-refractivity contribution in [2.45, 2.75) is 24.5 Å². The van der Waals surface area contributed by atoms with Crippen LogP contribution in [0.25, 0.3) is 5.65 Å². The topological polar surface area (TPSA) is 37.5 Å². The fourth-order valence-corrected chi connectivity index (χ4v) is 3.46. The summed E-state index contributed by atoms with van der Waals surface area (Å²) in [7, 11) is 0. The number of imidazole rings is 1. The molecule has 3 rings (SSSR count). The van der Waals surface area contributed by atoms with E-state index < -0.39 is 0 Å². The zero-order valence-electron chi connectivity index (χ0n) is 8.97. The molecule has 16 heavy (non-hydrogen) atoms. The molecule has 0 aromatic carbocycles. The Hall–Kier alpha value is -1.16. The van der Waals surface area contributed by atoms with Crippen LogP contribution in [0.1, 0.15) is 18.5 Å². The quantitative estimate of drug-likeness (QED) is 0.867. The molecule has 3 nitrogen and oxygen atoms in total. The van der Waals surface area contributed by atoms with E-state index >= 15 is 0 Å². The predicted molar refractivity (Wildman–Crippen MR) is 66.0 cm³/mol. The molecular formula is C12H14N2OS. The molecule has 84 valence electrons. The van der Waals surface area contributed by atoms with Crippen LogP contribution in [0, 0.1) is 0 Å². The molecule has 0 spiro atoms. The summed E-state index contributed by atoms with van der Waals surface area (Å²) >= 11 is 2.05.